The second-order valence-corrected chi connectivity index (χ2v) is 10.8. The fraction of sp³-hybridized carbons (Fsp3) is 0.500. The molecule has 4 amide bonds. The SMILES string of the molecule is Cc1cccc(NC(=O)N2CCN(c3ccc(NC(=O)C4CCCC4)cc3C(=O)N3CCCCC3)CC2)c1. The maximum absolute atomic E-state index is 13.7. The third-order valence-electron chi connectivity index (χ3n) is 8.04. The zero-order valence-corrected chi connectivity index (χ0v) is 22.4. The maximum atomic E-state index is 13.7. The van der Waals surface area contributed by atoms with Gasteiger partial charge in [-0.1, -0.05) is 25.0 Å². The molecule has 0 radical (unpaired) electrons. The van der Waals surface area contributed by atoms with Gasteiger partial charge in [0.1, 0.15) is 0 Å². The van der Waals surface area contributed by atoms with Crippen molar-refractivity contribution in [3.63, 3.8) is 0 Å². The highest BCUT2D eigenvalue weighted by Gasteiger charge is 2.28. The Balaban J connectivity index is 1.29. The lowest BCUT2D eigenvalue weighted by molar-refractivity contribution is -0.119. The first-order valence-electron chi connectivity index (χ1n) is 14.1. The van der Waals surface area contributed by atoms with Gasteiger partial charge in [0.15, 0.2) is 0 Å². The minimum absolute atomic E-state index is 0.0243. The molecule has 2 aromatic carbocycles. The van der Waals surface area contributed by atoms with Gasteiger partial charge >= 0.3 is 6.03 Å². The van der Waals surface area contributed by atoms with E-state index >= 15 is 0 Å². The zero-order valence-electron chi connectivity index (χ0n) is 22.4. The molecular weight excluding hydrogens is 478 g/mol. The molecule has 1 aliphatic carbocycles. The molecule has 2 aromatic rings. The lowest BCUT2D eigenvalue weighted by atomic mass is 10.0. The van der Waals surface area contributed by atoms with Crippen LogP contribution in [-0.4, -0.2) is 66.9 Å². The second kappa shape index (κ2) is 11.9. The van der Waals surface area contributed by atoms with Gasteiger partial charge < -0.3 is 25.3 Å². The van der Waals surface area contributed by atoms with E-state index in [2.05, 4.69) is 15.5 Å². The molecule has 2 aliphatic heterocycles. The quantitative estimate of drug-likeness (QED) is 0.578. The minimum atomic E-state index is -0.107. The first kappa shape index (κ1) is 26.1. The highest BCUT2D eigenvalue weighted by molar-refractivity contribution is 6.02. The van der Waals surface area contributed by atoms with Gasteiger partial charge in [-0.25, -0.2) is 4.79 Å². The van der Waals surface area contributed by atoms with Crippen LogP contribution in [0.2, 0.25) is 0 Å². The number of likely N-dealkylation sites (tertiary alicyclic amines) is 1. The van der Waals surface area contributed by atoms with E-state index in [9.17, 15) is 14.4 Å². The molecule has 0 spiro atoms. The Hall–Kier alpha value is -3.55. The topological polar surface area (TPSA) is 85.0 Å². The van der Waals surface area contributed by atoms with Crippen molar-refractivity contribution in [2.45, 2.75) is 51.9 Å². The molecule has 0 aromatic heterocycles. The summed E-state index contributed by atoms with van der Waals surface area (Å²) in [6, 6.07) is 13.4. The molecular formula is C30H39N5O3. The molecule has 3 aliphatic rings. The van der Waals surface area contributed by atoms with Crippen LogP contribution < -0.4 is 15.5 Å². The second-order valence-electron chi connectivity index (χ2n) is 10.8. The first-order chi connectivity index (χ1) is 18.5. The van der Waals surface area contributed by atoms with Gasteiger partial charge in [-0.05, 0) is 74.9 Å². The number of aryl methyl sites for hydroxylation is 1. The van der Waals surface area contributed by atoms with Crippen LogP contribution in [0.1, 0.15) is 60.9 Å². The van der Waals surface area contributed by atoms with Gasteiger partial charge in [0.25, 0.3) is 5.91 Å². The normalized spacial score (nSPS) is 18.4. The number of nitrogens with one attached hydrogen (secondary N) is 2. The molecule has 5 rings (SSSR count). The Morgan fingerprint density at radius 1 is 0.737 bits per heavy atom. The van der Waals surface area contributed by atoms with E-state index < -0.39 is 0 Å². The number of benzene rings is 2. The molecule has 0 atom stereocenters. The van der Waals surface area contributed by atoms with Crippen molar-refractivity contribution in [2.75, 3.05) is 54.8 Å². The van der Waals surface area contributed by atoms with Crippen LogP contribution in [0.5, 0.6) is 0 Å². The van der Waals surface area contributed by atoms with E-state index in [0.29, 0.717) is 37.4 Å². The Morgan fingerprint density at radius 2 is 1.45 bits per heavy atom. The van der Waals surface area contributed by atoms with Crippen LogP contribution in [0.25, 0.3) is 0 Å². The average molecular weight is 518 g/mol. The van der Waals surface area contributed by atoms with E-state index in [1.807, 2.05) is 59.2 Å². The fourth-order valence-corrected chi connectivity index (χ4v) is 5.84. The average Bonchev–Trinajstić information content (AvgIpc) is 3.49. The molecule has 2 heterocycles. The third-order valence-corrected chi connectivity index (χ3v) is 8.04. The summed E-state index contributed by atoms with van der Waals surface area (Å²) < 4.78 is 0. The predicted octanol–water partition coefficient (Wildman–Crippen LogP) is 5.10. The molecule has 2 saturated heterocycles. The van der Waals surface area contributed by atoms with Crippen LogP contribution in [0, 0.1) is 12.8 Å². The number of amides is 4. The molecule has 1 saturated carbocycles. The maximum Gasteiger partial charge on any atom is 0.321 e. The van der Waals surface area contributed by atoms with Crippen molar-refractivity contribution in [1.29, 1.82) is 0 Å². The molecule has 8 heteroatoms. The zero-order chi connectivity index (χ0) is 26.5. The highest BCUT2D eigenvalue weighted by atomic mass is 16.2. The number of carbonyl (C=O) groups excluding carboxylic acids is 3. The minimum Gasteiger partial charge on any atom is -0.367 e. The molecule has 2 N–H and O–H groups in total. The van der Waals surface area contributed by atoms with E-state index in [1.165, 1.54) is 0 Å². The number of nitrogens with zero attached hydrogens (tertiary/aromatic N) is 3. The standard InChI is InChI=1S/C30H39N5O3/c1-22-8-7-11-24(20-22)32-30(38)35-18-16-33(17-19-35)27-13-12-25(31-28(36)23-9-3-4-10-23)21-26(27)29(37)34-14-5-2-6-15-34/h7-8,11-13,20-21,23H,2-6,9-10,14-19H2,1H3,(H,31,36)(H,32,38). The molecule has 0 bridgehead atoms. The lowest BCUT2D eigenvalue weighted by Gasteiger charge is -2.37. The van der Waals surface area contributed by atoms with Crippen LogP contribution >= 0.6 is 0 Å². The van der Waals surface area contributed by atoms with E-state index in [0.717, 1.165) is 75.0 Å². The van der Waals surface area contributed by atoms with E-state index in [-0.39, 0.29) is 23.8 Å². The number of carbonyl (C=O) groups is 3. The molecule has 38 heavy (non-hydrogen) atoms. The summed E-state index contributed by atoms with van der Waals surface area (Å²) in [5.74, 6) is 0.145. The van der Waals surface area contributed by atoms with Crippen molar-refractivity contribution in [2.24, 2.45) is 5.92 Å². The number of piperazine rings is 1. The summed E-state index contributed by atoms with van der Waals surface area (Å²) in [7, 11) is 0. The Bertz CT molecular complexity index is 1160. The summed E-state index contributed by atoms with van der Waals surface area (Å²) in [5.41, 5.74) is 4.08. The van der Waals surface area contributed by atoms with Crippen molar-refractivity contribution >= 4 is 34.9 Å². The monoisotopic (exact) mass is 517 g/mol. The molecule has 8 nitrogen and oxygen atoms in total. The number of rotatable bonds is 5. The molecule has 202 valence electrons. The third kappa shape index (κ3) is 6.11. The highest BCUT2D eigenvalue weighted by Crippen LogP contribution is 2.30. The van der Waals surface area contributed by atoms with E-state index in [4.69, 9.17) is 0 Å². The van der Waals surface area contributed by atoms with Gasteiger partial charge in [0.05, 0.1) is 5.56 Å². The molecule has 3 fully saturated rings. The van der Waals surface area contributed by atoms with Crippen molar-refractivity contribution in [3.05, 3.63) is 53.6 Å². The van der Waals surface area contributed by atoms with Crippen LogP contribution in [0.4, 0.5) is 21.9 Å². The van der Waals surface area contributed by atoms with Crippen LogP contribution in [0.3, 0.4) is 0 Å². The van der Waals surface area contributed by atoms with Gasteiger partial charge in [-0.2, -0.15) is 0 Å². The van der Waals surface area contributed by atoms with Crippen LogP contribution in [-0.2, 0) is 4.79 Å². The number of anilines is 3. The van der Waals surface area contributed by atoms with Gasteiger partial charge in [-0.3, -0.25) is 9.59 Å². The van der Waals surface area contributed by atoms with E-state index in [1.54, 1.807) is 0 Å². The fourth-order valence-electron chi connectivity index (χ4n) is 5.84. The Labute approximate surface area is 225 Å². The number of hydrogen-bond acceptors (Lipinski definition) is 4. The van der Waals surface area contributed by atoms with Crippen molar-refractivity contribution < 1.29 is 14.4 Å². The van der Waals surface area contributed by atoms with Crippen LogP contribution in [0.15, 0.2) is 42.5 Å². The van der Waals surface area contributed by atoms with Gasteiger partial charge in [0, 0.05) is 62.2 Å². The number of piperidine rings is 1. The summed E-state index contributed by atoms with van der Waals surface area (Å²) in [5, 5.41) is 6.07. The largest absolute Gasteiger partial charge is 0.367 e. The summed E-state index contributed by atoms with van der Waals surface area (Å²) in [4.78, 5) is 45.3. The number of urea groups is 1. The summed E-state index contributed by atoms with van der Waals surface area (Å²) in [6.07, 6.45) is 7.27. The Morgan fingerprint density at radius 3 is 2.16 bits per heavy atom. The smallest absolute Gasteiger partial charge is 0.321 e. The predicted molar refractivity (Wildman–Crippen MR) is 151 cm³/mol. The lowest BCUT2D eigenvalue weighted by Crippen LogP contribution is -2.50. The number of hydrogen-bond donors (Lipinski definition) is 2. The summed E-state index contributed by atoms with van der Waals surface area (Å²) in [6.45, 7) is 5.94. The van der Waals surface area contributed by atoms with Crippen molar-refractivity contribution in [1.82, 2.24) is 9.80 Å². The summed E-state index contributed by atoms with van der Waals surface area (Å²) >= 11 is 0. The molecule has 0 unspecified atom stereocenters. The Kier molecular flexibility index (Phi) is 8.15. The first-order valence-corrected chi connectivity index (χ1v) is 14.1. The van der Waals surface area contributed by atoms with Crippen molar-refractivity contribution in [3.8, 4) is 0 Å². The van der Waals surface area contributed by atoms with Gasteiger partial charge in [-0.15, -0.1) is 0 Å². The van der Waals surface area contributed by atoms with Gasteiger partial charge in [0.2, 0.25) is 5.91 Å².